The van der Waals surface area contributed by atoms with Gasteiger partial charge in [0.15, 0.2) is 0 Å². The third-order valence-electron chi connectivity index (χ3n) is 2.27. The van der Waals surface area contributed by atoms with E-state index in [1.807, 2.05) is 0 Å². The van der Waals surface area contributed by atoms with Crippen LogP contribution in [0, 0.1) is 0 Å². The van der Waals surface area contributed by atoms with Gasteiger partial charge in [-0.1, -0.05) is 0 Å². The van der Waals surface area contributed by atoms with Crippen LogP contribution >= 0.6 is 11.8 Å². The number of carboxylic acid groups (broad SMARTS) is 1. The summed E-state index contributed by atoms with van der Waals surface area (Å²) in [7, 11) is 0. The van der Waals surface area contributed by atoms with Crippen LogP contribution in [-0.4, -0.2) is 58.3 Å². The number of imide groups is 1. The first-order valence-corrected chi connectivity index (χ1v) is 6.55. The highest BCUT2D eigenvalue weighted by atomic mass is 32.2. The number of amides is 3. The number of carbonyl (C=O) groups is 4. The second kappa shape index (κ2) is 7.00. The Morgan fingerprint density at radius 3 is 2.39 bits per heavy atom. The lowest BCUT2D eigenvalue weighted by molar-refractivity contribution is -0.139. The normalized spacial score (nSPS) is 15.0. The average Bonchev–Trinajstić information content (AvgIpc) is 2.60. The van der Waals surface area contributed by atoms with Gasteiger partial charge >= 0.3 is 5.97 Å². The number of aliphatic carboxylic acids is 1. The van der Waals surface area contributed by atoms with Gasteiger partial charge < -0.3 is 10.4 Å². The standard InChI is InChI=1S/C10H14N2O5S/c13-7(5-18-6-10(16)17)11-3-4-12-8(14)1-2-9(12)15/h1-6H2,(H,11,13)(H,16,17). The Morgan fingerprint density at radius 1 is 1.22 bits per heavy atom. The quantitative estimate of drug-likeness (QED) is 0.581. The van der Waals surface area contributed by atoms with E-state index in [4.69, 9.17) is 5.11 Å². The molecule has 1 fully saturated rings. The third-order valence-corrected chi connectivity index (χ3v) is 3.19. The lowest BCUT2D eigenvalue weighted by Crippen LogP contribution is -2.38. The summed E-state index contributed by atoms with van der Waals surface area (Å²) in [6.45, 7) is 0.372. The van der Waals surface area contributed by atoms with Gasteiger partial charge in [0.25, 0.3) is 0 Å². The predicted molar refractivity (Wildman–Crippen MR) is 63.9 cm³/mol. The van der Waals surface area contributed by atoms with E-state index in [0.717, 1.165) is 16.7 Å². The molecule has 1 saturated heterocycles. The van der Waals surface area contributed by atoms with E-state index in [9.17, 15) is 19.2 Å². The molecule has 0 saturated carbocycles. The number of rotatable bonds is 7. The van der Waals surface area contributed by atoms with Crippen LogP contribution in [0.2, 0.25) is 0 Å². The summed E-state index contributed by atoms with van der Waals surface area (Å²) in [5.41, 5.74) is 0. The molecule has 1 heterocycles. The molecule has 0 atom stereocenters. The lowest BCUT2D eigenvalue weighted by atomic mass is 10.4. The molecule has 0 aromatic heterocycles. The van der Waals surface area contributed by atoms with Crippen molar-refractivity contribution in [1.82, 2.24) is 10.2 Å². The largest absolute Gasteiger partial charge is 0.481 e. The predicted octanol–water partition coefficient (Wildman–Crippen LogP) is -0.931. The highest BCUT2D eigenvalue weighted by Crippen LogP contribution is 2.10. The van der Waals surface area contributed by atoms with E-state index < -0.39 is 5.97 Å². The monoisotopic (exact) mass is 274 g/mol. The number of thioether (sulfide) groups is 1. The lowest BCUT2D eigenvalue weighted by Gasteiger charge is -2.13. The fourth-order valence-corrected chi connectivity index (χ4v) is 2.03. The van der Waals surface area contributed by atoms with E-state index in [0.29, 0.717) is 0 Å². The van der Waals surface area contributed by atoms with Crippen LogP contribution in [0.4, 0.5) is 0 Å². The van der Waals surface area contributed by atoms with Crippen molar-refractivity contribution in [2.24, 2.45) is 0 Å². The first-order valence-electron chi connectivity index (χ1n) is 5.40. The van der Waals surface area contributed by atoms with E-state index in [2.05, 4.69) is 5.32 Å². The number of nitrogens with zero attached hydrogens (tertiary/aromatic N) is 1. The number of carboxylic acids is 1. The van der Waals surface area contributed by atoms with Crippen molar-refractivity contribution >= 4 is 35.5 Å². The molecule has 100 valence electrons. The van der Waals surface area contributed by atoms with Crippen molar-refractivity contribution in [3.63, 3.8) is 0 Å². The number of hydrogen-bond acceptors (Lipinski definition) is 5. The smallest absolute Gasteiger partial charge is 0.313 e. The summed E-state index contributed by atoms with van der Waals surface area (Å²) >= 11 is 0.994. The Bertz CT molecular complexity index is 355. The summed E-state index contributed by atoms with van der Waals surface area (Å²) in [5, 5.41) is 10.9. The summed E-state index contributed by atoms with van der Waals surface area (Å²) in [6, 6.07) is 0. The number of carbonyl (C=O) groups excluding carboxylic acids is 3. The van der Waals surface area contributed by atoms with Gasteiger partial charge in [-0.15, -0.1) is 11.8 Å². The topological polar surface area (TPSA) is 104 Å². The number of nitrogens with one attached hydrogen (secondary N) is 1. The summed E-state index contributed by atoms with van der Waals surface area (Å²) in [4.78, 5) is 45.0. The van der Waals surface area contributed by atoms with Crippen molar-refractivity contribution in [1.29, 1.82) is 0 Å². The molecule has 0 aromatic rings. The minimum atomic E-state index is -0.971. The van der Waals surface area contributed by atoms with Crippen LogP contribution in [0.5, 0.6) is 0 Å². The van der Waals surface area contributed by atoms with E-state index in [1.165, 1.54) is 0 Å². The van der Waals surface area contributed by atoms with Crippen molar-refractivity contribution < 1.29 is 24.3 Å². The molecule has 2 N–H and O–H groups in total. The van der Waals surface area contributed by atoms with Gasteiger partial charge in [-0.05, 0) is 0 Å². The van der Waals surface area contributed by atoms with Gasteiger partial charge in [-0.2, -0.15) is 0 Å². The fraction of sp³-hybridized carbons (Fsp3) is 0.600. The van der Waals surface area contributed by atoms with Gasteiger partial charge in [0.05, 0.1) is 11.5 Å². The van der Waals surface area contributed by atoms with Crippen molar-refractivity contribution in [2.75, 3.05) is 24.6 Å². The molecule has 0 radical (unpaired) electrons. The van der Waals surface area contributed by atoms with Crippen molar-refractivity contribution in [3.8, 4) is 0 Å². The third kappa shape index (κ3) is 4.74. The molecule has 0 aromatic carbocycles. The molecule has 3 amide bonds. The molecule has 1 rings (SSSR count). The van der Waals surface area contributed by atoms with Crippen LogP contribution in [0.1, 0.15) is 12.8 Å². The SMILES string of the molecule is O=C(O)CSCC(=O)NCCN1C(=O)CCC1=O. The van der Waals surface area contributed by atoms with Crippen molar-refractivity contribution in [2.45, 2.75) is 12.8 Å². The zero-order valence-electron chi connectivity index (χ0n) is 9.68. The minimum Gasteiger partial charge on any atom is -0.481 e. The maximum absolute atomic E-state index is 11.2. The van der Waals surface area contributed by atoms with Crippen LogP contribution in [-0.2, 0) is 19.2 Å². The second-order valence-electron chi connectivity index (χ2n) is 3.68. The molecule has 7 nitrogen and oxygen atoms in total. The molecule has 1 aliphatic rings. The van der Waals surface area contributed by atoms with Gasteiger partial charge in [0, 0.05) is 25.9 Å². The summed E-state index contributed by atoms with van der Waals surface area (Å²) < 4.78 is 0. The Kier molecular flexibility index (Phi) is 5.63. The maximum atomic E-state index is 11.2. The second-order valence-corrected chi connectivity index (χ2v) is 4.66. The highest BCUT2D eigenvalue weighted by Gasteiger charge is 2.28. The van der Waals surface area contributed by atoms with Gasteiger partial charge in [-0.25, -0.2) is 0 Å². The van der Waals surface area contributed by atoms with E-state index in [1.54, 1.807) is 0 Å². The van der Waals surface area contributed by atoms with E-state index in [-0.39, 0.29) is 55.2 Å². The average molecular weight is 274 g/mol. The number of likely N-dealkylation sites (tertiary alicyclic amines) is 1. The number of hydrogen-bond donors (Lipinski definition) is 2. The zero-order valence-corrected chi connectivity index (χ0v) is 10.5. The molecular formula is C10H14N2O5S. The summed E-state index contributed by atoms with van der Waals surface area (Å²) in [5.74, 6) is -1.78. The molecule has 1 aliphatic heterocycles. The summed E-state index contributed by atoms with van der Waals surface area (Å²) in [6.07, 6.45) is 0.475. The molecule has 0 unspecified atom stereocenters. The van der Waals surface area contributed by atoms with Crippen molar-refractivity contribution in [3.05, 3.63) is 0 Å². The molecule has 0 aliphatic carbocycles. The minimum absolute atomic E-state index is 0.0498. The Labute approximate surface area is 108 Å². The fourth-order valence-electron chi connectivity index (χ4n) is 1.46. The first kappa shape index (κ1) is 14.5. The Morgan fingerprint density at radius 2 is 1.83 bits per heavy atom. The first-order chi connectivity index (χ1) is 8.50. The Balaban J connectivity index is 2.13. The molecule has 8 heteroatoms. The van der Waals surface area contributed by atoms with Crippen LogP contribution < -0.4 is 5.32 Å². The zero-order chi connectivity index (χ0) is 13.5. The van der Waals surface area contributed by atoms with Crippen LogP contribution in [0.15, 0.2) is 0 Å². The highest BCUT2D eigenvalue weighted by molar-refractivity contribution is 8.00. The van der Waals surface area contributed by atoms with E-state index >= 15 is 0 Å². The Hall–Kier alpha value is -1.57. The van der Waals surface area contributed by atoms with Crippen LogP contribution in [0.3, 0.4) is 0 Å². The van der Waals surface area contributed by atoms with Gasteiger partial charge in [0.2, 0.25) is 17.7 Å². The maximum Gasteiger partial charge on any atom is 0.313 e. The molecular weight excluding hydrogens is 260 g/mol. The molecule has 18 heavy (non-hydrogen) atoms. The molecule has 0 bridgehead atoms. The van der Waals surface area contributed by atoms with Crippen LogP contribution in [0.25, 0.3) is 0 Å². The molecule has 0 spiro atoms. The van der Waals surface area contributed by atoms with Gasteiger partial charge in [0.1, 0.15) is 0 Å². The van der Waals surface area contributed by atoms with Gasteiger partial charge in [-0.3, -0.25) is 24.1 Å².